The molecule has 1 fully saturated rings. The molecule has 0 unspecified atom stereocenters. The van der Waals surface area contributed by atoms with Crippen LogP contribution in [0.2, 0.25) is 0 Å². The number of aliphatic hydroxyl groups is 2. The van der Waals surface area contributed by atoms with Crippen LogP contribution in [0.4, 0.5) is 0 Å². The Morgan fingerprint density at radius 2 is 1.25 bits per heavy atom. The molecule has 2 atom stereocenters. The molecule has 0 aliphatic heterocycles. The fraction of sp³-hybridized carbons (Fsp3) is 1.00. The topological polar surface area (TPSA) is 40.5 Å². The van der Waals surface area contributed by atoms with Crippen molar-refractivity contribution < 1.29 is 10.2 Å². The Kier molecular flexibility index (Phi) is 4.62. The summed E-state index contributed by atoms with van der Waals surface area (Å²) in [4.78, 5) is 0. The van der Waals surface area contributed by atoms with Crippen molar-refractivity contribution in [2.24, 2.45) is 11.8 Å². The van der Waals surface area contributed by atoms with Gasteiger partial charge < -0.3 is 10.2 Å². The monoisotopic (exact) mass is 172 g/mol. The Balaban J connectivity index is 2.31. The molecule has 0 radical (unpaired) electrons. The number of hydrogen-bond acceptors (Lipinski definition) is 2. The molecule has 0 aromatic heterocycles. The summed E-state index contributed by atoms with van der Waals surface area (Å²) in [6, 6.07) is 0. The van der Waals surface area contributed by atoms with Crippen molar-refractivity contribution in [3.05, 3.63) is 0 Å². The first-order valence-corrected chi connectivity index (χ1v) is 5.10. The van der Waals surface area contributed by atoms with E-state index in [-0.39, 0.29) is 0 Å². The van der Waals surface area contributed by atoms with E-state index in [1.54, 1.807) is 0 Å². The van der Waals surface area contributed by atoms with E-state index in [9.17, 15) is 0 Å². The van der Waals surface area contributed by atoms with Crippen LogP contribution in [0.1, 0.15) is 38.5 Å². The van der Waals surface area contributed by atoms with Gasteiger partial charge in [-0.05, 0) is 24.7 Å². The highest BCUT2D eigenvalue weighted by molar-refractivity contribution is 4.74. The summed E-state index contributed by atoms with van der Waals surface area (Å²) in [6.45, 7) is 0.624. The molecule has 0 amide bonds. The zero-order valence-corrected chi connectivity index (χ0v) is 7.71. The molecule has 0 spiro atoms. The van der Waals surface area contributed by atoms with Gasteiger partial charge in [0, 0.05) is 13.2 Å². The first-order valence-electron chi connectivity index (χ1n) is 5.10. The normalized spacial score (nSPS) is 30.5. The minimum absolute atomic E-state index is 0.312. The van der Waals surface area contributed by atoms with Gasteiger partial charge in [-0.25, -0.2) is 0 Å². The maximum absolute atomic E-state index is 8.84. The third kappa shape index (κ3) is 2.76. The van der Waals surface area contributed by atoms with Crippen LogP contribution in [-0.4, -0.2) is 23.4 Å². The highest BCUT2D eigenvalue weighted by Crippen LogP contribution is 2.33. The fourth-order valence-corrected chi connectivity index (χ4v) is 2.38. The summed E-state index contributed by atoms with van der Waals surface area (Å²) in [5, 5.41) is 17.7. The van der Waals surface area contributed by atoms with E-state index >= 15 is 0 Å². The summed E-state index contributed by atoms with van der Waals surface area (Å²) in [6.07, 6.45) is 7.00. The van der Waals surface area contributed by atoms with Gasteiger partial charge in [-0.3, -0.25) is 0 Å². The average molecular weight is 172 g/mol. The van der Waals surface area contributed by atoms with Crippen LogP contribution in [0, 0.1) is 11.8 Å². The van der Waals surface area contributed by atoms with Crippen molar-refractivity contribution in [1.82, 2.24) is 0 Å². The SMILES string of the molecule is OCC[C@@H]1CCCC[C@@H]1CCO. The van der Waals surface area contributed by atoms with E-state index in [1.165, 1.54) is 25.7 Å². The van der Waals surface area contributed by atoms with Crippen LogP contribution in [0.3, 0.4) is 0 Å². The van der Waals surface area contributed by atoms with Crippen LogP contribution >= 0.6 is 0 Å². The quantitative estimate of drug-likeness (QED) is 0.675. The molecule has 1 aliphatic rings. The predicted molar refractivity (Wildman–Crippen MR) is 48.9 cm³/mol. The Morgan fingerprint density at radius 1 is 0.833 bits per heavy atom. The Morgan fingerprint density at radius 3 is 1.58 bits per heavy atom. The molecular formula is C10H20O2. The van der Waals surface area contributed by atoms with Gasteiger partial charge in [-0.2, -0.15) is 0 Å². The molecule has 2 heteroatoms. The number of rotatable bonds is 4. The summed E-state index contributed by atoms with van der Waals surface area (Å²) < 4.78 is 0. The number of hydrogen-bond donors (Lipinski definition) is 2. The third-order valence-corrected chi connectivity index (χ3v) is 3.07. The first-order chi connectivity index (χ1) is 5.88. The van der Waals surface area contributed by atoms with Gasteiger partial charge in [0.15, 0.2) is 0 Å². The lowest BCUT2D eigenvalue weighted by Gasteiger charge is -2.30. The molecule has 1 saturated carbocycles. The lowest BCUT2D eigenvalue weighted by Crippen LogP contribution is -2.21. The second kappa shape index (κ2) is 5.55. The average Bonchev–Trinajstić information content (AvgIpc) is 2.09. The first kappa shape index (κ1) is 10.0. The van der Waals surface area contributed by atoms with Crippen molar-refractivity contribution in [2.75, 3.05) is 13.2 Å². The van der Waals surface area contributed by atoms with Gasteiger partial charge >= 0.3 is 0 Å². The zero-order valence-electron chi connectivity index (χ0n) is 7.71. The number of aliphatic hydroxyl groups excluding tert-OH is 2. The standard InChI is InChI=1S/C10H20O2/c11-7-5-9-3-1-2-4-10(9)6-8-12/h9-12H,1-8H2/t9-,10+. The van der Waals surface area contributed by atoms with E-state index in [4.69, 9.17) is 10.2 Å². The molecule has 2 N–H and O–H groups in total. The highest BCUT2D eigenvalue weighted by Gasteiger charge is 2.23. The van der Waals surface area contributed by atoms with Crippen LogP contribution in [0.5, 0.6) is 0 Å². The molecule has 0 bridgehead atoms. The van der Waals surface area contributed by atoms with Gasteiger partial charge in [0.25, 0.3) is 0 Å². The molecule has 0 saturated heterocycles. The third-order valence-electron chi connectivity index (χ3n) is 3.07. The summed E-state index contributed by atoms with van der Waals surface area (Å²) in [7, 11) is 0. The van der Waals surface area contributed by atoms with E-state index in [2.05, 4.69) is 0 Å². The lowest BCUT2D eigenvalue weighted by atomic mass is 9.76. The minimum atomic E-state index is 0.312. The van der Waals surface area contributed by atoms with Crippen LogP contribution < -0.4 is 0 Å². The van der Waals surface area contributed by atoms with Gasteiger partial charge in [0.1, 0.15) is 0 Å². The maximum Gasteiger partial charge on any atom is 0.0433 e. The molecule has 0 heterocycles. The van der Waals surface area contributed by atoms with Gasteiger partial charge in [-0.15, -0.1) is 0 Å². The second-order valence-electron chi connectivity index (χ2n) is 3.83. The molecule has 2 nitrogen and oxygen atoms in total. The molecule has 1 aliphatic carbocycles. The zero-order chi connectivity index (χ0) is 8.81. The van der Waals surface area contributed by atoms with E-state index in [0.717, 1.165) is 12.8 Å². The highest BCUT2D eigenvalue weighted by atomic mass is 16.3. The summed E-state index contributed by atoms with van der Waals surface area (Å²) in [5.74, 6) is 1.35. The Hall–Kier alpha value is -0.0800. The molecule has 1 rings (SSSR count). The van der Waals surface area contributed by atoms with Crippen molar-refractivity contribution in [2.45, 2.75) is 38.5 Å². The second-order valence-corrected chi connectivity index (χ2v) is 3.83. The summed E-state index contributed by atoms with van der Waals surface area (Å²) in [5.41, 5.74) is 0. The summed E-state index contributed by atoms with van der Waals surface area (Å²) >= 11 is 0. The van der Waals surface area contributed by atoms with E-state index in [0.29, 0.717) is 25.0 Å². The minimum Gasteiger partial charge on any atom is -0.396 e. The molecule has 72 valence electrons. The maximum atomic E-state index is 8.84. The van der Waals surface area contributed by atoms with Crippen molar-refractivity contribution in [1.29, 1.82) is 0 Å². The van der Waals surface area contributed by atoms with Crippen LogP contribution in [0.15, 0.2) is 0 Å². The van der Waals surface area contributed by atoms with Crippen molar-refractivity contribution >= 4 is 0 Å². The Bertz CT molecular complexity index is 96.4. The molecular weight excluding hydrogens is 152 g/mol. The molecule has 12 heavy (non-hydrogen) atoms. The van der Waals surface area contributed by atoms with Crippen molar-refractivity contribution in [3.8, 4) is 0 Å². The molecule has 0 aromatic rings. The lowest BCUT2D eigenvalue weighted by molar-refractivity contribution is 0.144. The van der Waals surface area contributed by atoms with E-state index in [1.807, 2.05) is 0 Å². The van der Waals surface area contributed by atoms with E-state index < -0.39 is 0 Å². The van der Waals surface area contributed by atoms with Gasteiger partial charge in [-0.1, -0.05) is 25.7 Å². The molecule has 0 aromatic carbocycles. The van der Waals surface area contributed by atoms with Gasteiger partial charge in [0.05, 0.1) is 0 Å². The Labute approximate surface area is 74.6 Å². The largest absolute Gasteiger partial charge is 0.396 e. The predicted octanol–water partition coefficient (Wildman–Crippen LogP) is 1.56. The van der Waals surface area contributed by atoms with Crippen LogP contribution in [0.25, 0.3) is 0 Å². The van der Waals surface area contributed by atoms with Crippen molar-refractivity contribution in [3.63, 3.8) is 0 Å². The van der Waals surface area contributed by atoms with Crippen LogP contribution in [-0.2, 0) is 0 Å². The smallest absolute Gasteiger partial charge is 0.0433 e. The van der Waals surface area contributed by atoms with Gasteiger partial charge in [0.2, 0.25) is 0 Å². The fourth-order valence-electron chi connectivity index (χ4n) is 2.38.